The van der Waals surface area contributed by atoms with E-state index in [0.29, 0.717) is 11.3 Å². The number of fused-ring (bicyclic) bond motifs is 1. The number of halogens is 1. The molecule has 0 fully saturated rings. The van der Waals surface area contributed by atoms with Crippen molar-refractivity contribution in [1.82, 2.24) is 9.97 Å². The fourth-order valence-electron chi connectivity index (χ4n) is 2.24. The number of aryl methyl sites for hydroxylation is 1. The number of nitrogens with zero attached hydrogens (tertiary/aromatic N) is 2. The van der Waals surface area contributed by atoms with E-state index < -0.39 is 0 Å². The molecule has 0 aliphatic heterocycles. The largest absolute Gasteiger partial charge is 0.367 e. The van der Waals surface area contributed by atoms with E-state index in [0.717, 1.165) is 28.9 Å². The van der Waals surface area contributed by atoms with Crippen LogP contribution in [0.1, 0.15) is 23.6 Å². The van der Waals surface area contributed by atoms with Gasteiger partial charge in [0.1, 0.15) is 10.6 Å². The molecule has 21 heavy (non-hydrogen) atoms. The molecule has 0 radical (unpaired) electrons. The Morgan fingerprint density at radius 2 is 2.19 bits per heavy atom. The second kappa shape index (κ2) is 6.30. The molecule has 0 amide bonds. The molecule has 3 heterocycles. The van der Waals surface area contributed by atoms with Crippen LogP contribution in [-0.4, -0.2) is 16.0 Å². The van der Waals surface area contributed by atoms with E-state index in [9.17, 15) is 0 Å². The summed E-state index contributed by atoms with van der Waals surface area (Å²) in [6, 6.07) is 6.70. The van der Waals surface area contributed by atoms with Crippen molar-refractivity contribution in [3.63, 3.8) is 0 Å². The van der Waals surface area contributed by atoms with Crippen molar-refractivity contribution in [2.45, 2.75) is 32.7 Å². The van der Waals surface area contributed by atoms with Crippen LogP contribution in [0, 0.1) is 0 Å². The number of hydrogen-bond acceptors (Lipinski definition) is 5. The van der Waals surface area contributed by atoms with E-state index in [1.54, 1.807) is 22.7 Å². The predicted molar refractivity (Wildman–Crippen MR) is 92.9 cm³/mol. The smallest absolute Gasteiger partial charge is 0.225 e. The fourth-order valence-corrected chi connectivity index (χ4v) is 4.27. The molecule has 1 atom stereocenters. The zero-order chi connectivity index (χ0) is 14.8. The number of anilines is 1. The lowest BCUT2D eigenvalue weighted by Gasteiger charge is -2.14. The van der Waals surface area contributed by atoms with Gasteiger partial charge in [0.05, 0.1) is 5.39 Å². The number of rotatable bonds is 5. The summed E-state index contributed by atoms with van der Waals surface area (Å²) in [5.74, 6) is 0.838. The Morgan fingerprint density at radius 3 is 2.90 bits per heavy atom. The van der Waals surface area contributed by atoms with Crippen molar-refractivity contribution in [2.75, 3.05) is 5.32 Å². The summed E-state index contributed by atoms with van der Waals surface area (Å²) in [5, 5.41) is 6.96. The highest BCUT2D eigenvalue weighted by Crippen LogP contribution is 2.30. The molecule has 110 valence electrons. The molecule has 0 saturated carbocycles. The van der Waals surface area contributed by atoms with Crippen molar-refractivity contribution in [1.29, 1.82) is 0 Å². The molecule has 0 saturated heterocycles. The normalized spacial score (nSPS) is 12.7. The standard InChI is InChI=1S/C15H16ClN3S2/c1-3-10-8-12-13(18-15(16)19-14(12)21-10)17-9(2)7-11-5-4-6-20-11/h4-6,8-9H,3,7H2,1-2H3,(H,17,18,19). The molecule has 3 aromatic heterocycles. The number of nitrogens with one attached hydrogen (secondary N) is 1. The van der Waals surface area contributed by atoms with Crippen molar-refractivity contribution in [3.8, 4) is 0 Å². The zero-order valence-electron chi connectivity index (χ0n) is 11.9. The summed E-state index contributed by atoms with van der Waals surface area (Å²) in [6.45, 7) is 4.31. The first-order valence-electron chi connectivity index (χ1n) is 6.90. The molecule has 0 aliphatic rings. The van der Waals surface area contributed by atoms with Crippen LogP contribution >= 0.6 is 34.3 Å². The molecule has 3 rings (SSSR count). The third-order valence-electron chi connectivity index (χ3n) is 3.24. The minimum Gasteiger partial charge on any atom is -0.367 e. The van der Waals surface area contributed by atoms with E-state index in [1.165, 1.54) is 9.75 Å². The van der Waals surface area contributed by atoms with Crippen molar-refractivity contribution in [3.05, 3.63) is 38.6 Å². The molecule has 0 bridgehead atoms. The first-order chi connectivity index (χ1) is 10.2. The van der Waals surface area contributed by atoms with E-state index in [-0.39, 0.29) is 0 Å². The highest BCUT2D eigenvalue weighted by atomic mass is 35.5. The molecule has 6 heteroatoms. The lowest BCUT2D eigenvalue weighted by Crippen LogP contribution is -2.18. The first-order valence-corrected chi connectivity index (χ1v) is 8.98. The molecular weight excluding hydrogens is 322 g/mol. The third kappa shape index (κ3) is 3.36. The fraction of sp³-hybridized carbons (Fsp3) is 0.333. The second-order valence-electron chi connectivity index (χ2n) is 4.96. The summed E-state index contributed by atoms with van der Waals surface area (Å²) in [7, 11) is 0. The van der Waals surface area contributed by atoms with Crippen molar-refractivity contribution in [2.24, 2.45) is 0 Å². The van der Waals surface area contributed by atoms with Gasteiger partial charge in [-0.25, -0.2) is 9.97 Å². The Labute approximate surface area is 137 Å². The number of aromatic nitrogens is 2. The average molecular weight is 338 g/mol. The van der Waals surface area contributed by atoms with Crippen molar-refractivity contribution >= 4 is 50.3 Å². The van der Waals surface area contributed by atoms with Gasteiger partial charge in [-0.05, 0) is 42.5 Å². The lowest BCUT2D eigenvalue weighted by molar-refractivity contribution is 0.795. The minimum atomic E-state index is 0.294. The Hall–Kier alpha value is -1.17. The van der Waals surface area contributed by atoms with Crippen LogP contribution in [0.4, 0.5) is 5.82 Å². The average Bonchev–Trinajstić information content (AvgIpc) is 3.07. The Morgan fingerprint density at radius 1 is 1.33 bits per heavy atom. The van der Waals surface area contributed by atoms with Gasteiger partial charge >= 0.3 is 0 Å². The SMILES string of the molecule is CCc1cc2c(NC(C)Cc3cccs3)nc(Cl)nc2s1. The zero-order valence-corrected chi connectivity index (χ0v) is 14.3. The van der Waals surface area contributed by atoms with Crippen LogP contribution in [0.15, 0.2) is 23.6 Å². The summed E-state index contributed by atoms with van der Waals surface area (Å²) in [4.78, 5) is 12.3. The number of hydrogen-bond donors (Lipinski definition) is 1. The summed E-state index contributed by atoms with van der Waals surface area (Å²) in [6.07, 6.45) is 1.98. The summed E-state index contributed by atoms with van der Waals surface area (Å²) >= 11 is 9.51. The van der Waals surface area contributed by atoms with Gasteiger partial charge in [0, 0.05) is 22.2 Å². The van der Waals surface area contributed by atoms with Crippen LogP contribution in [0.5, 0.6) is 0 Å². The lowest BCUT2D eigenvalue weighted by atomic mass is 10.2. The highest BCUT2D eigenvalue weighted by molar-refractivity contribution is 7.18. The Balaban J connectivity index is 1.86. The predicted octanol–water partition coefficient (Wildman–Crippen LogP) is 5.01. The van der Waals surface area contributed by atoms with Crippen molar-refractivity contribution < 1.29 is 0 Å². The van der Waals surface area contributed by atoms with Gasteiger partial charge in [0.25, 0.3) is 0 Å². The summed E-state index contributed by atoms with van der Waals surface area (Å²) in [5.41, 5.74) is 0. The molecule has 1 N–H and O–H groups in total. The maximum absolute atomic E-state index is 6.05. The van der Waals surface area contributed by atoms with E-state index >= 15 is 0 Å². The quantitative estimate of drug-likeness (QED) is 0.665. The van der Waals surface area contributed by atoms with Gasteiger partial charge in [-0.2, -0.15) is 0 Å². The van der Waals surface area contributed by atoms with Gasteiger partial charge < -0.3 is 5.32 Å². The highest BCUT2D eigenvalue weighted by Gasteiger charge is 2.13. The summed E-state index contributed by atoms with van der Waals surface area (Å²) < 4.78 is 0. The minimum absolute atomic E-state index is 0.294. The monoisotopic (exact) mass is 337 g/mol. The number of thiophene rings is 2. The Kier molecular flexibility index (Phi) is 4.42. The molecular formula is C15H16ClN3S2. The molecule has 3 aromatic rings. The van der Waals surface area contributed by atoms with Gasteiger partial charge in [0.15, 0.2) is 0 Å². The van der Waals surface area contributed by atoms with E-state index in [2.05, 4.69) is 52.7 Å². The second-order valence-corrected chi connectivity index (χ2v) is 7.44. The maximum Gasteiger partial charge on any atom is 0.225 e. The molecule has 0 aromatic carbocycles. The Bertz CT molecular complexity index is 737. The van der Waals surface area contributed by atoms with Crippen LogP contribution in [0.3, 0.4) is 0 Å². The first kappa shape index (κ1) is 14.8. The van der Waals surface area contributed by atoms with Gasteiger partial charge in [-0.15, -0.1) is 22.7 Å². The van der Waals surface area contributed by atoms with Crippen LogP contribution in [0.25, 0.3) is 10.2 Å². The van der Waals surface area contributed by atoms with Crippen LogP contribution < -0.4 is 5.32 Å². The maximum atomic E-state index is 6.05. The van der Waals surface area contributed by atoms with Gasteiger partial charge in [-0.3, -0.25) is 0 Å². The molecule has 0 spiro atoms. The third-order valence-corrected chi connectivity index (χ3v) is 5.48. The van der Waals surface area contributed by atoms with Gasteiger partial charge in [-0.1, -0.05) is 13.0 Å². The topological polar surface area (TPSA) is 37.8 Å². The van der Waals surface area contributed by atoms with Gasteiger partial charge in [0.2, 0.25) is 5.28 Å². The molecule has 1 unspecified atom stereocenters. The van der Waals surface area contributed by atoms with E-state index in [1.807, 2.05) is 0 Å². The molecule has 0 aliphatic carbocycles. The molecule has 3 nitrogen and oxygen atoms in total. The van der Waals surface area contributed by atoms with Crippen LogP contribution in [0.2, 0.25) is 5.28 Å². The van der Waals surface area contributed by atoms with Crippen LogP contribution in [-0.2, 0) is 12.8 Å². The van der Waals surface area contributed by atoms with E-state index in [4.69, 9.17) is 11.6 Å².